The largest absolute Gasteiger partial charge is 0.311 e. The number of anilines is 3. The van der Waals surface area contributed by atoms with Crippen LogP contribution in [0.4, 0.5) is 17.1 Å². The van der Waals surface area contributed by atoms with Crippen molar-refractivity contribution in [1.29, 1.82) is 0 Å². The molecular formula is C55H37N. The molecule has 1 unspecified atom stereocenters. The van der Waals surface area contributed by atoms with Crippen molar-refractivity contribution in [3.05, 3.63) is 228 Å². The lowest BCUT2D eigenvalue weighted by Gasteiger charge is -2.31. The van der Waals surface area contributed by atoms with E-state index in [0.717, 1.165) is 29.9 Å². The molecule has 12 rings (SSSR count). The van der Waals surface area contributed by atoms with Crippen molar-refractivity contribution in [2.24, 2.45) is 0 Å². The van der Waals surface area contributed by atoms with E-state index in [1.54, 1.807) is 0 Å². The zero-order valence-electron chi connectivity index (χ0n) is 30.9. The first-order valence-electron chi connectivity index (χ1n) is 19.8. The van der Waals surface area contributed by atoms with Crippen molar-refractivity contribution < 1.29 is 0 Å². The van der Waals surface area contributed by atoms with Crippen LogP contribution >= 0.6 is 0 Å². The summed E-state index contributed by atoms with van der Waals surface area (Å²) in [7, 11) is 0. The number of aryl methyl sites for hydroxylation is 1. The van der Waals surface area contributed by atoms with E-state index in [4.69, 9.17) is 0 Å². The van der Waals surface area contributed by atoms with E-state index >= 15 is 0 Å². The summed E-state index contributed by atoms with van der Waals surface area (Å²) in [6, 6.07) is 70.1. The van der Waals surface area contributed by atoms with Crippen molar-refractivity contribution in [1.82, 2.24) is 0 Å². The summed E-state index contributed by atoms with van der Waals surface area (Å²) in [5.41, 5.74) is 19.1. The summed E-state index contributed by atoms with van der Waals surface area (Å²) in [5, 5.41) is 5.45. The van der Waals surface area contributed by atoms with Gasteiger partial charge >= 0.3 is 0 Å². The zero-order chi connectivity index (χ0) is 36.8. The molecule has 0 saturated heterocycles. The molecule has 0 aliphatic heterocycles. The molecule has 0 radical (unpaired) electrons. The minimum atomic E-state index is -0.434. The van der Waals surface area contributed by atoms with E-state index in [-0.39, 0.29) is 0 Å². The Morgan fingerprint density at radius 1 is 0.375 bits per heavy atom. The average Bonchev–Trinajstić information content (AvgIpc) is 3.73. The Labute approximate surface area is 327 Å². The SMILES string of the molecule is C1=Cc2c(c3ccccc3c3cc4c(cc23)C2(c3ccccc3-c3ccc(-c5ccc(N(c6ccccc6)c6ccccc6)cc5)cc32)c2ccccc2-4)CC1. The van der Waals surface area contributed by atoms with Gasteiger partial charge in [-0.25, -0.2) is 0 Å². The van der Waals surface area contributed by atoms with Gasteiger partial charge < -0.3 is 4.90 Å². The smallest absolute Gasteiger partial charge is 0.0725 e. The number of hydrogen-bond acceptors (Lipinski definition) is 1. The van der Waals surface area contributed by atoms with Gasteiger partial charge in [-0.05, 0) is 156 Å². The number of benzene rings is 9. The van der Waals surface area contributed by atoms with Gasteiger partial charge in [0.05, 0.1) is 5.41 Å². The van der Waals surface area contributed by atoms with Gasteiger partial charge in [0.1, 0.15) is 0 Å². The van der Waals surface area contributed by atoms with Crippen LogP contribution in [-0.2, 0) is 11.8 Å². The standard InChI is InChI=1S/C55H37N/c1-3-15-38(16-4-1)56(39-17-5-2-6-18-39)40-30-27-36(28-31-40)37-29-32-47-45-23-11-13-25-51(45)55(53(47)33-37)52-26-14-12-24-46(52)50-34-48-43-21-9-7-19-41(43)42-20-8-10-22-44(42)49(48)35-54(50)55/h1-7,9-19,21-35H,8,20H2. The van der Waals surface area contributed by atoms with E-state index < -0.39 is 5.41 Å². The van der Waals surface area contributed by atoms with Crippen LogP contribution in [0.25, 0.3) is 61.0 Å². The molecule has 3 aliphatic carbocycles. The molecule has 0 fully saturated rings. The summed E-state index contributed by atoms with van der Waals surface area (Å²) in [4.78, 5) is 2.33. The second-order valence-electron chi connectivity index (χ2n) is 15.5. The van der Waals surface area contributed by atoms with E-state index in [1.165, 1.54) is 88.3 Å². The second-order valence-corrected chi connectivity index (χ2v) is 15.5. The first kappa shape index (κ1) is 31.4. The molecule has 0 heterocycles. The minimum absolute atomic E-state index is 0.434. The Kier molecular flexibility index (Phi) is 6.74. The molecule has 1 heteroatoms. The Morgan fingerprint density at radius 2 is 0.929 bits per heavy atom. The van der Waals surface area contributed by atoms with E-state index in [2.05, 4.69) is 205 Å². The van der Waals surface area contributed by atoms with Gasteiger partial charge in [-0.2, -0.15) is 0 Å². The van der Waals surface area contributed by atoms with Gasteiger partial charge in [0.25, 0.3) is 0 Å². The molecule has 1 nitrogen and oxygen atoms in total. The number of allylic oxidation sites excluding steroid dienone is 1. The lowest BCUT2D eigenvalue weighted by Crippen LogP contribution is -2.26. The summed E-state index contributed by atoms with van der Waals surface area (Å²) in [5.74, 6) is 0. The predicted molar refractivity (Wildman–Crippen MR) is 235 cm³/mol. The first-order chi connectivity index (χ1) is 27.8. The topological polar surface area (TPSA) is 3.24 Å². The normalized spacial score (nSPS) is 15.7. The maximum Gasteiger partial charge on any atom is 0.0725 e. The molecule has 0 bridgehead atoms. The lowest BCUT2D eigenvalue weighted by atomic mass is 9.69. The van der Waals surface area contributed by atoms with Crippen LogP contribution in [-0.4, -0.2) is 0 Å². The Balaban J connectivity index is 1.08. The fourth-order valence-corrected chi connectivity index (χ4v) is 10.4. The fraction of sp³-hybridized carbons (Fsp3) is 0.0545. The number of fused-ring (bicyclic) bond motifs is 16. The highest BCUT2D eigenvalue weighted by molar-refractivity contribution is 6.15. The number of nitrogens with zero attached hydrogens (tertiary/aromatic N) is 1. The molecule has 9 aromatic carbocycles. The number of hydrogen-bond donors (Lipinski definition) is 0. The molecule has 0 saturated carbocycles. The third-order valence-corrected chi connectivity index (χ3v) is 12.7. The Morgan fingerprint density at radius 3 is 1.64 bits per heavy atom. The van der Waals surface area contributed by atoms with Gasteiger partial charge in [-0.3, -0.25) is 0 Å². The van der Waals surface area contributed by atoms with E-state index in [0.29, 0.717) is 0 Å². The third-order valence-electron chi connectivity index (χ3n) is 12.7. The molecule has 0 N–H and O–H groups in total. The predicted octanol–water partition coefficient (Wildman–Crippen LogP) is 14.4. The highest BCUT2D eigenvalue weighted by atomic mass is 15.1. The molecule has 1 atom stereocenters. The van der Waals surface area contributed by atoms with Crippen LogP contribution in [0.1, 0.15) is 39.8 Å². The van der Waals surface area contributed by atoms with Crippen molar-refractivity contribution in [2.45, 2.75) is 18.3 Å². The quantitative estimate of drug-likeness (QED) is 0.164. The average molecular weight is 712 g/mol. The summed E-state index contributed by atoms with van der Waals surface area (Å²) in [6.07, 6.45) is 6.92. The third kappa shape index (κ3) is 4.31. The van der Waals surface area contributed by atoms with Crippen molar-refractivity contribution in [3.63, 3.8) is 0 Å². The van der Waals surface area contributed by atoms with Gasteiger partial charge in [-0.15, -0.1) is 0 Å². The molecule has 9 aromatic rings. The van der Waals surface area contributed by atoms with E-state index in [1.807, 2.05) is 0 Å². The highest BCUT2D eigenvalue weighted by Gasteiger charge is 2.52. The zero-order valence-corrected chi connectivity index (χ0v) is 30.9. The molecule has 3 aliphatic rings. The van der Waals surface area contributed by atoms with Gasteiger partial charge in [0, 0.05) is 17.1 Å². The Bertz CT molecular complexity index is 3020. The van der Waals surface area contributed by atoms with Gasteiger partial charge in [-0.1, -0.05) is 146 Å². The van der Waals surface area contributed by atoms with Crippen LogP contribution < -0.4 is 4.90 Å². The molecule has 56 heavy (non-hydrogen) atoms. The van der Waals surface area contributed by atoms with Crippen molar-refractivity contribution in [2.75, 3.05) is 4.90 Å². The van der Waals surface area contributed by atoms with Crippen LogP contribution in [0, 0.1) is 0 Å². The van der Waals surface area contributed by atoms with Crippen LogP contribution in [0.3, 0.4) is 0 Å². The second kappa shape index (κ2) is 12.0. The maximum atomic E-state index is 2.58. The van der Waals surface area contributed by atoms with Crippen LogP contribution in [0.15, 0.2) is 194 Å². The van der Waals surface area contributed by atoms with Crippen molar-refractivity contribution >= 4 is 44.7 Å². The van der Waals surface area contributed by atoms with Crippen molar-refractivity contribution in [3.8, 4) is 33.4 Å². The molecular weight excluding hydrogens is 675 g/mol. The summed E-state index contributed by atoms with van der Waals surface area (Å²) < 4.78 is 0. The Hall–Kier alpha value is -6.96. The van der Waals surface area contributed by atoms with Crippen LogP contribution in [0.5, 0.6) is 0 Å². The summed E-state index contributed by atoms with van der Waals surface area (Å²) >= 11 is 0. The van der Waals surface area contributed by atoms with Crippen LogP contribution in [0.2, 0.25) is 0 Å². The highest BCUT2D eigenvalue weighted by Crippen LogP contribution is 2.64. The van der Waals surface area contributed by atoms with E-state index in [9.17, 15) is 0 Å². The fourth-order valence-electron chi connectivity index (χ4n) is 10.4. The molecule has 0 aromatic heterocycles. The number of rotatable bonds is 4. The maximum absolute atomic E-state index is 2.58. The lowest BCUT2D eigenvalue weighted by molar-refractivity contribution is 0.795. The molecule has 262 valence electrons. The first-order valence-corrected chi connectivity index (χ1v) is 19.8. The monoisotopic (exact) mass is 711 g/mol. The van der Waals surface area contributed by atoms with Gasteiger partial charge in [0.15, 0.2) is 0 Å². The summed E-state index contributed by atoms with van der Waals surface area (Å²) in [6.45, 7) is 0. The molecule has 1 spiro atoms. The number of para-hydroxylation sites is 2. The van der Waals surface area contributed by atoms with Gasteiger partial charge in [0.2, 0.25) is 0 Å². The molecule has 0 amide bonds. The minimum Gasteiger partial charge on any atom is -0.311 e.